The van der Waals surface area contributed by atoms with Crippen molar-refractivity contribution < 1.29 is 9.59 Å². The highest BCUT2D eigenvalue weighted by Crippen LogP contribution is 2.40. The fraction of sp³-hybridized carbons (Fsp3) is 0.500. The van der Waals surface area contributed by atoms with E-state index in [2.05, 4.69) is 22.1 Å². The number of likely N-dealkylation sites (tertiary alicyclic amines) is 2. The van der Waals surface area contributed by atoms with Gasteiger partial charge in [-0.15, -0.1) is 0 Å². The lowest BCUT2D eigenvalue weighted by molar-refractivity contribution is -0.145. The Morgan fingerprint density at radius 3 is 2.74 bits per heavy atom. The van der Waals surface area contributed by atoms with Gasteiger partial charge in [0.2, 0.25) is 5.91 Å². The van der Waals surface area contributed by atoms with Crippen LogP contribution in [0.5, 0.6) is 0 Å². The van der Waals surface area contributed by atoms with Crippen molar-refractivity contribution >= 4 is 11.8 Å². The summed E-state index contributed by atoms with van der Waals surface area (Å²) in [5.74, 6) is 0.918. The molecule has 2 saturated heterocycles. The number of hydrogen-bond donors (Lipinski definition) is 1. The minimum Gasteiger partial charge on any atom is -0.342 e. The average molecular weight is 367 g/mol. The number of carbonyl (C=O) groups excluding carboxylic acids is 2. The van der Waals surface area contributed by atoms with Crippen LogP contribution in [-0.2, 0) is 4.79 Å². The molecule has 142 valence electrons. The van der Waals surface area contributed by atoms with E-state index < -0.39 is 0 Å². The first kappa shape index (κ1) is 17.7. The van der Waals surface area contributed by atoms with Crippen molar-refractivity contribution in [1.82, 2.24) is 25.0 Å². The quantitative estimate of drug-likeness (QED) is 0.899. The second kappa shape index (κ2) is 7.13. The van der Waals surface area contributed by atoms with Crippen molar-refractivity contribution in [3.63, 3.8) is 0 Å². The van der Waals surface area contributed by atoms with E-state index in [0.717, 1.165) is 44.3 Å². The number of aromatic nitrogens is 3. The number of H-pyrrole nitrogens is 1. The van der Waals surface area contributed by atoms with E-state index in [1.807, 2.05) is 34.1 Å². The Kier molecular flexibility index (Phi) is 4.68. The third-order valence-corrected chi connectivity index (χ3v) is 5.78. The predicted octanol–water partition coefficient (Wildman–Crippen LogP) is 2.34. The number of piperidine rings is 1. The molecular formula is C20H25N5O2. The van der Waals surface area contributed by atoms with Crippen molar-refractivity contribution in [2.24, 2.45) is 5.41 Å². The standard InChI is InChI=1S/C20H25N5O2/c1-2-10-24-11-3-8-20(19(24)27)9-12-25(13-20)18(26)16-6-4-15(5-7-16)17-21-14-22-23-17/h4-7,14H,2-3,8-13H2,1H3,(H,21,22,23)/t20-/m1/s1. The first-order chi connectivity index (χ1) is 13.1. The van der Waals surface area contributed by atoms with Gasteiger partial charge in [-0.05, 0) is 37.8 Å². The third-order valence-electron chi connectivity index (χ3n) is 5.78. The van der Waals surface area contributed by atoms with E-state index in [-0.39, 0.29) is 17.2 Å². The number of hydrogen-bond acceptors (Lipinski definition) is 4. The van der Waals surface area contributed by atoms with Gasteiger partial charge in [0.25, 0.3) is 5.91 Å². The van der Waals surface area contributed by atoms with Crippen molar-refractivity contribution in [3.05, 3.63) is 36.2 Å². The Bertz CT molecular complexity index is 815. The summed E-state index contributed by atoms with van der Waals surface area (Å²) in [6.45, 7) is 4.95. The molecule has 7 nitrogen and oxygen atoms in total. The zero-order valence-electron chi connectivity index (χ0n) is 15.6. The van der Waals surface area contributed by atoms with Crippen LogP contribution in [0.3, 0.4) is 0 Å². The lowest BCUT2D eigenvalue weighted by Gasteiger charge is -2.39. The number of amides is 2. The molecule has 1 atom stereocenters. The van der Waals surface area contributed by atoms with Crippen LogP contribution in [0.25, 0.3) is 11.4 Å². The first-order valence-corrected chi connectivity index (χ1v) is 9.67. The van der Waals surface area contributed by atoms with E-state index in [9.17, 15) is 9.59 Å². The molecule has 7 heteroatoms. The van der Waals surface area contributed by atoms with Crippen LogP contribution < -0.4 is 0 Å². The number of benzene rings is 1. The van der Waals surface area contributed by atoms with Crippen LogP contribution in [0.4, 0.5) is 0 Å². The number of rotatable bonds is 4. The molecule has 27 heavy (non-hydrogen) atoms. The predicted molar refractivity (Wildman–Crippen MR) is 101 cm³/mol. The van der Waals surface area contributed by atoms with Gasteiger partial charge in [-0.25, -0.2) is 4.98 Å². The highest BCUT2D eigenvalue weighted by molar-refractivity contribution is 5.96. The lowest BCUT2D eigenvalue weighted by Crippen LogP contribution is -2.50. The summed E-state index contributed by atoms with van der Waals surface area (Å²) in [6, 6.07) is 7.37. The fourth-order valence-electron chi connectivity index (χ4n) is 4.36. The molecular weight excluding hydrogens is 342 g/mol. The summed E-state index contributed by atoms with van der Waals surface area (Å²) >= 11 is 0. The van der Waals surface area contributed by atoms with E-state index in [1.165, 1.54) is 6.33 Å². The normalized spacial score (nSPS) is 22.6. The average Bonchev–Trinajstić information content (AvgIpc) is 3.37. The molecule has 0 unspecified atom stereocenters. The first-order valence-electron chi connectivity index (χ1n) is 9.67. The van der Waals surface area contributed by atoms with Gasteiger partial charge in [-0.2, -0.15) is 5.10 Å². The fourth-order valence-corrected chi connectivity index (χ4v) is 4.36. The van der Waals surface area contributed by atoms with Gasteiger partial charge in [-0.3, -0.25) is 14.7 Å². The molecule has 1 aromatic carbocycles. The molecule has 2 fully saturated rings. The SMILES string of the molecule is CCCN1CCC[C@]2(CCN(C(=O)c3ccc(-c4ncn[nH]4)cc3)C2)C1=O. The second-order valence-corrected chi connectivity index (χ2v) is 7.56. The van der Waals surface area contributed by atoms with E-state index in [4.69, 9.17) is 0 Å². The van der Waals surface area contributed by atoms with E-state index in [0.29, 0.717) is 24.5 Å². The molecule has 0 radical (unpaired) electrons. The van der Waals surface area contributed by atoms with Gasteiger partial charge < -0.3 is 9.80 Å². The van der Waals surface area contributed by atoms with E-state index in [1.54, 1.807) is 0 Å². The highest BCUT2D eigenvalue weighted by Gasteiger charge is 2.49. The Morgan fingerprint density at radius 1 is 1.22 bits per heavy atom. The van der Waals surface area contributed by atoms with Crippen molar-refractivity contribution in [1.29, 1.82) is 0 Å². The highest BCUT2D eigenvalue weighted by atomic mass is 16.2. The molecule has 2 aliphatic heterocycles. The van der Waals surface area contributed by atoms with Crippen molar-refractivity contribution in [2.75, 3.05) is 26.2 Å². The monoisotopic (exact) mass is 367 g/mol. The Morgan fingerprint density at radius 2 is 2.04 bits per heavy atom. The number of carbonyl (C=O) groups is 2. The van der Waals surface area contributed by atoms with Crippen LogP contribution in [0.1, 0.15) is 43.0 Å². The van der Waals surface area contributed by atoms with Crippen LogP contribution in [0, 0.1) is 5.41 Å². The number of nitrogens with zero attached hydrogens (tertiary/aromatic N) is 4. The van der Waals surface area contributed by atoms with Crippen LogP contribution in [-0.4, -0.2) is 63.0 Å². The van der Waals surface area contributed by atoms with Gasteiger partial charge in [0, 0.05) is 37.3 Å². The van der Waals surface area contributed by atoms with Crippen LogP contribution in [0.15, 0.2) is 30.6 Å². The molecule has 2 amide bonds. The van der Waals surface area contributed by atoms with Gasteiger partial charge in [-0.1, -0.05) is 19.1 Å². The zero-order chi connectivity index (χ0) is 18.9. The molecule has 1 N–H and O–H groups in total. The summed E-state index contributed by atoms with van der Waals surface area (Å²) in [5.41, 5.74) is 1.16. The maximum absolute atomic E-state index is 13.0. The molecule has 3 heterocycles. The number of nitrogens with one attached hydrogen (secondary N) is 1. The molecule has 0 aliphatic carbocycles. The van der Waals surface area contributed by atoms with Gasteiger partial charge >= 0.3 is 0 Å². The summed E-state index contributed by atoms with van der Waals surface area (Å²) in [6.07, 6.45) is 5.12. The smallest absolute Gasteiger partial charge is 0.253 e. The Labute approximate surface area is 158 Å². The van der Waals surface area contributed by atoms with Gasteiger partial charge in [0.05, 0.1) is 5.41 Å². The molecule has 0 saturated carbocycles. The lowest BCUT2D eigenvalue weighted by atomic mass is 9.78. The van der Waals surface area contributed by atoms with Crippen LogP contribution >= 0.6 is 0 Å². The Balaban J connectivity index is 1.47. The van der Waals surface area contributed by atoms with E-state index >= 15 is 0 Å². The van der Waals surface area contributed by atoms with Crippen molar-refractivity contribution in [3.8, 4) is 11.4 Å². The summed E-state index contributed by atoms with van der Waals surface area (Å²) < 4.78 is 0. The second-order valence-electron chi connectivity index (χ2n) is 7.56. The van der Waals surface area contributed by atoms with Crippen molar-refractivity contribution in [2.45, 2.75) is 32.6 Å². The van der Waals surface area contributed by atoms with Crippen LogP contribution in [0.2, 0.25) is 0 Å². The largest absolute Gasteiger partial charge is 0.342 e. The minimum absolute atomic E-state index is 0.00332. The topological polar surface area (TPSA) is 82.2 Å². The molecule has 1 spiro atoms. The Hall–Kier alpha value is -2.70. The molecule has 4 rings (SSSR count). The third kappa shape index (κ3) is 3.22. The zero-order valence-corrected chi connectivity index (χ0v) is 15.6. The maximum atomic E-state index is 13.0. The molecule has 1 aromatic heterocycles. The summed E-state index contributed by atoms with van der Waals surface area (Å²) in [4.78, 5) is 33.9. The molecule has 2 aromatic rings. The summed E-state index contributed by atoms with van der Waals surface area (Å²) in [7, 11) is 0. The maximum Gasteiger partial charge on any atom is 0.253 e. The molecule has 0 bridgehead atoms. The minimum atomic E-state index is -0.372. The van der Waals surface area contributed by atoms with Gasteiger partial charge in [0.15, 0.2) is 5.82 Å². The molecule has 2 aliphatic rings. The summed E-state index contributed by atoms with van der Waals surface area (Å²) in [5, 5.41) is 6.66. The number of aromatic amines is 1. The van der Waals surface area contributed by atoms with Gasteiger partial charge in [0.1, 0.15) is 6.33 Å².